The molecule has 0 atom stereocenters. The van der Waals surface area contributed by atoms with Crippen molar-refractivity contribution in [3.05, 3.63) is 64.2 Å². The Hall–Kier alpha value is -3.36. The van der Waals surface area contributed by atoms with Crippen LogP contribution in [-0.2, 0) is 42.7 Å². The first kappa shape index (κ1) is 35.8. The maximum absolute atomic E-state index is 11.4. The fourth-order valence-electron chi connectivity index (χ4n) is 2.60. The van der Waals surface area contributed by atoms with Crippen LogP contribution >= 0.6 is 0 Å². The molecular formula is C28H46O9. The lowest BCUT2D eigenvalue weighted by atomic mass is 9.88. The lowest BCUT2D eigenvalue weighted by Gasteiger charge is -2.30. The van der Waals surface area contributed by atoms with E-state index in [2.05, 4.69) is 39.8 Å². The molecule has 0 aliphatic heterocycles. The Kier molecular flexibility index (Phi) is 26.3. The molecule has 0 unspecified atom stereocenters. The van der Waals surface area contributed by atoms with Crippen molar-refractivity contribution in [2.24, 2.45) is 5.41 Å². The van der Waals surface area contributed by atoms with E-state index in [1.165, 1.54) is 31.3 Å². The van der Waals surface area contributed by atoms with Crippen LogP contribution in [0.25, 0.3) is 0 Å². The zero-order valence-corrected chi connectivity index (χ0v) is 22.5. The molecular weight excluding hydrogens is 480 g/mol. The molecule has 0 bridgehead atoms. The standard InChI is InChI=1S/C16H26O6.C12H20O3/c1-3-19-11-5-7-13-21-15(17)9-10-16(18)22-14-8-6-12-20-4-2;1-5-12(9-13-6-2,10-14-7-3)11-15-8-4/h3-4H,1-2,5-14H2;6-8H,2-5,9-11H2,1H3. The topological polar surface area (TPSA) is 98.8 Å². The third-order valence-electron chi connectivity index (χ3n) is 4.88. The van der Waals surface area contributed by atoms with Crippen molar-refractivity contribution in [2.75, 3.05) is 46.2 Å². The molecule has 0 radical (unpaired) electrons. The Bertz CT molecular complexity index is 568. The zero-order valence-electron chi connectivity index (χ0n) is 22.5. The van der Waals surface area contributed by atoms with Gasteiger partial charge < -0.3 is 33.2 Å². The molecule has 0 saturated heterocycles. The smallest absolute Gasteiger partial charge is 0.306 e. The summed E-state index contributed by atoms with van der Waals surface area (Å²) in [5.41, 5.74) is -0.184. The highest BCUT2D eigenvalue weighted by Crippen LogP contribution is 2.24. The Balaban J connectivity index is 0. The summed E-state index contributed by atoms with van der Waals surface area (Å²) in [6, 6.07) is 0. The number of esters is 2. The predicted octanol–water partition coefficient (Wildman–Crippen LogP) is 5.60. The molecule has 212 valence electrons. The van der Waals surface area contributed by atoms with Gasteiger partial charge in [-0.3, -0.25) is 9.59 Å². The Morgan fingerprint density at radius 2 is 0.892 bits per heavy atom. The highest BCUT2D eigenvalue weighted by atomic mass is 16.5. The molecule has 0 aromatic heterocycles. The quantitative estimate of drug-likeness (QED) is 0.0855. The molecule has 0 aliphatic carbocycles. The lowest BCUT2D eigenvalue weighted by Crippen LogP contribution is -2.35. The van der Waals surface area contributed by atoms with E-state index in [9.17, 15) is 9.59 Å². The third-order valence-corrected chi connectivity index (χ3v) is 4.88. The lowest BCUT2D eigenvalue weighted by molar-refractivity contribution is -0.150. The molecule has 0 aliphatic rings. The van der Waals surface area contributed by atoms with Gasteiger partial charge in [0.05, 0.1) is 95.8 Å². The molecule has 0 aromatic carbocycles. The predicted molar refractivity (Wildman–Crippen MR) is 143 cm³/mol. The van der Waals surface area contributed by atoms with Gasteiger partial charge in [-0.25, -0.2) is 0 Å². The summed E-state index contributed by atoms with van der Waals surface area (Å²) >= 11 is 0. The number of ether oxygens (including phenoxy) is 7. The minimum atomic E-state index is -0.388. The number of hydrogen-bond acceptors (Lipinski definition) is 9. The van der Waals surface area contributed by atoms with Gasteiger partial charge in [0.15, 0.2) is 0 Å². The van der Waals surface area contributed by atoms with Crippen LogP contribution in [0.2, 0.25) is 0 Å². The number of hydrogen-bond donors (Lipinski definition) is 0. The molecule has 0 rings (SSSR count). The van der Waals surface area contributed by atoms with Crippen molar-refractivity contribution in [1.82, 2.24) is 0 Å². The summed E-state index contributed by atoms with van der Waals surface area (Å²) in [6.07, 6.45) is 11.0. The summed E-state index contributed by atoms with van der Waals surface area (Å²) < 4.78 is 35.5. The first-order chi connectivity index (χ1) is 17.9. The minimum absolute atomic E-state index is 0.0432. The van der Waals surface area contributed by atoms with E-state index in [0.717, 1.165) is 32.1 Å². The summed E-state index contributed by atoms with van der Waals surface area (Å²) in [6.45, 7) is 22.8. The van der Waals surface area contributed by atoms with Gasteiger partial charge in [-0.05, 0) is 32.1 Å². The van der Waals surface area contributed by atoms with Crippen molar-refractivity contribution in [3.63, 3.8) is 0 Å². The van der Waals surface area contributed by atoms with Crippen LogP contribution in [0.1, 0.15) is 51.9 Å². The summed E-state index contributed by atoms with van der Waals surface area (Å²) in [5, 5.41) is 0. The highest BCUT2D eigenvalue weighted by Gasteiger charge is 2.30. The van der Waals surface area contributed by atoms with E-state index in [0.29, 0.717) is 46.2 Å². The fraction of sp³-hybridized carbons (Fsp3) is 0.571. The molecule has 37 heavy (non-hydrogen) atoms. The average Bonchev–Trinajstić information content (AvgIpc) is 2.91. The zero-order chi connectivity index (χ0) is 28.0. The highest BCUT2D eigenvalue weighted by molar-refractivity contribution is 5.77. The molecule has 0 fully saturated rings. The Morgan fingerprint density at radius 1 is 0.568 bits per heavy atom. The minimum Gasteiger partial charge on any atom is -0.502 e. The molecule has 0 amide bonds. The maximum Gasteiger partial charge on any atom is 0.306 e. The van der Waals surface area contributed by atoms with E-state index in [-0.39, 0.29) is 30.2 Å². The van der Waals surface area contributed by atoms with E-state index in [1.54, 1.807) is 0 Å². The SMILES string of the molecule is C=COCC(CC)(COC=C)COC=C.C=COCCCCOC(=O)CCC(=O)OCCCCOC=C. The van der Waals surface area contributed by atoms with Gasteiger partial charge in [0, 0.05) is 0 Å². The molecule has 0 saturated carbocycles. The number of rotatable bonds is 25. The Labute approximate surface area is 222 Å². The molecule has 0 aromatic rings. The largest absolute Gasteiger partial charge is 0.502 e. The van der Waals surface area contributed by atoms with Gasteiger partial charge in [-0.15, -0.1) is 0 Å². The van der Waals surface area contributed by atoms with Gasteiger partial charge in [0.25, 0.3) is 0 Å². The van der Waals surface area contributed by atoms with Gasteiger partial charge >= 0.3 is 11.9 Å². The van der Waals surface area contributed by atoms with E-state index in [1.807, 2.05) is 0 Å². The van der Waals surface area contributed by atoms with Crippen LogP contribution in [0.3, 0.4) is 0 Å². The van der Waals surface area contributed by atoms with Crippen LogP contribution in [0.4, 0.5) is 0 Å². The van der Waals surface area contributed by atoms with E-state index >= 15 is 0 Å². The first-order valence-electron chi connectivity index (χ1n) is 12.4. The number of carbonyl (C=O) groups excluding carboxylic acids is 2. The summed E-state index contributed by atoms with van der Waals surface area (Å²) in [4.78, 5) is 22.8. The van der Waals surface area contributed by atoms with Crippen molar-refractivity contribution in [2.45, 2.75) is 51.9 Å². The molecule has 9 nitrogen and oxygen atoms in total. The van der Waals surface area contributed by atoms with Gasteiger partial charge in [-0.1, -0.05) is 39.8 Å². The van der Waals surface area contributed by atoms with Crippen LogP contribution in [-0.4, -0.2) is 58.2 Å². The Morgan fingerprint density at radius 3 is 1.19 bits per heavy atom. The van der Waals surface area contributed by atoms with Crippen LogP contribution < -0.4 is 0 Å². The van der Waals surface area contributed by atoms with Gasteiger partial charge in [-0.2, -0.15) is 0 Å². The second kappa shape index (κ2) is 27.2. The van der Waals surface area contributed by atoms with Crippen molar-refractivity contribution in [3.8, 4) is 0 Å². The average molecular weight is 527 g/mol. The second-order valence-electron chi connectivity index (χ2n) is 7.72. The fourth-order valence-corrected chi connectivity index (χ4v) is 2.60. The first-order valence-corrected chi connectivity index (χ1v) is 12.4. The number of unbranched alkanes of at least 4 members (excludes halogenated alkanes) is 2. The summed E-state index contributed by atoms with van der Waals surface area (Å²) in [5.74, 6) is -0.776. The van der Waals surface area contributed by atoms with Crippen molar-refractivity contribution in [1.29, 1.82) is 0 Å². The second-order valence-corrected chi connectivity index (χ2v) is 7.72. The molecule has 9 heteroatoms. The summed E-state index contributed by atoms with van der Waals surface area (Å²) in [7, 11) is 0. The van der Waals surface area contributed by atoms with Gasteiger partial charge in [0.2, 0.25) is 0 Å². The van der Waals surface area contributed by atoms with E-state index < -0.39 is 0 Å². The van der Waals surface area contributed by atoms with Gasteiger partial charge in [0.1, 0.15) is 0 Å². The van der Waals surface area contributed by atoms with Crippen molar-refractivity contribution < 1.29 is 42.7 Å². The molecule has 0 spiro atoms. The van der Waals surface area contributed by atoms with Crippen LogP contribution in [0, 0.1) is 5.41 Å². The number of carbonyl (C=O) groups is 2. The van der Waals surface area contributed by atoms with Crippen LogP contribution in [0.5, 0.6) is 0 Å². The normalized spacial score (nSPS) is 9.86. The molecule has 0 heterocycles. The maximum atomic E-state index is 11.4. The van der Waals surface area contributed by atoms with Crippen LogP contribution in [0.15, 0.2) is 64.2 Å². The van der Waals surface area contributed by atoms with E-state index in [4.69, 9.17) is 33.2 Å². The van der Waals surface area contributed by atoms with Crippen molar-refractivity contribution >= 4 is 11.9 Å². The third kappa shape index (κ3) is 24.1. The molecule has 0 N–H and O–H groups in total. The monoisotopic (exact) mass is 526 g/mol.